The highest BCUT2D eigenvalue weighted by molar-refractivity contribution is 9.10. The van der Waals surface area contributed by atoms with Crippen LogP contribution in [0.2, 0.25) is 0 Å². The lowest BCUT2D eigenvalue weighted by molar-refractivity contribution is 0.474. The highest BCUT2D eigenvalue weighted by Gasteiger charge is 2.14. The fourth-order valence-electron chi connectivity index (χ4n) is 2.03. The van der Waals surface area contributed by atoms with Crippen LogP contribution in [0.15, 0.2) is 57.4 Å². The van der Waals surface area contributed by atoms with Crippen LogP contribution in [0.5, 0.6) is 0 Å². The normalized spacial score (nSPS) is 12.7. The summed E-state index contributed by atoms with van der Waals surface area (Å²) < 4.78 is 6.68. The molecule has 0 amide bonds. The standard InChI is InChI=1S/C15H13BrN2O/c16-11-6-7-14-13(9-11)18-15(19-14)12(17)8-10-4-2-1-3-5-10/h1-7,9,12H,8,17H2. The van der Waals surface area contributed by atoms with E-state index in [-0.39, 0.29) is 6.04 Å². The summed E-state index contributed by atoms with van der Waals surface area (Å²) in [5.74, 6) is 0.581. The van der Waals surface area contributed by atoms with Gasteiger partial charge >= 0.3 is 0 Å². The Morgan fingerprint density at radius 1 is 1.16 bits per heavy atom. The number of nitrogens with zero attached hydrogens (tertiary/aromatic N) is 1. The van der Waals surface area contributed by atoms with Gasteiger partial charge in [0.05, 0.1) is 6.04 Å². The molecule has 1 heterocycles. The van der Waals surface area contributed by atoms with Crippen LogP contribution >= 0.6 is 15.9 Å². The van der Waals surface area contributed by atoms with Crippen LogP contribution in [0.25, 0.3) is 11.1 Å². The van der Waals surface area contributed by atoms with Crippen molar-refractivity contribution in [3.8, 4) is 0 Å². The van der Waals surface area contributed by atoms with Crippen LogP contribution in [-0.4, -0.2) is 4.98 Å². The van der Waals surface area contributed by atoms with E-state index < -0.39 is 0 Å². The van der Waals surface area contributed by atoms with E-state index in [4.69, 9.17) is 10.2 Å². The molecule has 0 aliphatic carbocycles. The summed E-state index contributed by atoms with van der Waals surface area (Å²) >= 11 is 3.42. The second-order valence-corrected chi connectivity index (χ2v) is 5.38. The Morgan fingerprint density at radius 2 is 1.95 bits per heavy atom. The second kappa shape index (κ2) is 5.15. The molecule has 3 nitrogen and oxygen atoms in total. The Hall–Kier alpha value is -1.65. The third-order valence-corrected chi connectivity index (χ3v) is 3.48. The number of fused-ring (bicyclic) bond motifs is 1. The summed E-state index contributed by atoms with van der Waals surface area (Å²) in [6.45, 7) is 0. The lowest BCUT2D eigenvalue weighted by Crippen LogP contribution is -2.13. The molecule has 96 valence electrons. The molecule has 2 N–H and O–H groups in total. The van der Waals surface area contributed by atoms with E-state index in [0.717, 1.165) is 22.0 Å². The van der Waals surface area contributed by atoms with Crippen LogP contribution in [0, 0.1) is 0 Å². The first kappa shape index (κ1) is 12.4. The third kappa shape index (κ3) is 2.69. The smallest absolute Gasteiger partial charge is 0.212 e. The Morgan fingerprint density at radius 3 is 2.74 bits per heavy atom. The molecule has 0 spiro atoms. The van der Waals surface area contributed by atoms with Gasteiger partial charge in [0.25, 0.3) is 0 Å². The summed E-state index contributed by atoms with van der Waals surface area (Å²) in [7, 11) is 0. The van der Waals surface area contributed by atoms with E-state index in [1.807, 2.05) is 36.4 Å². The molecule has 1 unspecified atom stereocenters. The van der Waals surface area contributed by atoms with Crippen LogP contribution < -0.4 is 5.73 Å². The van der Waals surface area contributed by atoms with E-state index in [1.54, 1.807) is 0 Å². The van der Waals surface area contributed by atoms with E-state index in [1.165, 1.54) is 5.56 Å². The number of halogens is 1. The lowest BCUT2D eigenvalue weighted by Gasteiger charge is -2.06. The molecule has 1 atom stereocenters. The fraction of sp³-hybridized carbons (Fsp3) is 0.133. The quantitative estimate of drug-likeness (QED) is 0.798. The molecule has 1 aromatic heterocycles. The molecule has 0 fully saturated rings. The maximum absolute atomic E-state index is 6.16. The average molecular weight is 317 g/mol. The zero-order valence-electron chi connectivity index (χ0n) is 10.2. The van der Waals surface area contributed by atoms with Gasteiger partial charge in [0, 0.05) is 4.47 Å². The zero-order valence-corrected chi connectivity index (χ0v) is 11.8. The van der Waals surface area contributed by atoms with Crippen molar-refractivity contribution in [1.82, 2.24) is 4.98 Å². The highest BCUT2D eigenvalue weighted by atomic mass is 79.9. The van der Waals surface area contributed by atoms with Crippen molar-refractivity contribution in [2.24, 2.45) is 5.73 Å². The number of aromatic nitrogens is 1. The Balaban J connectivity index is 1.87. The van der Waals surface area contributed by atoms with Crippen LogP contribution in [-0.2, 0) is 6.42 Å². The number of hydrogen-bond donors (Lipinski definition) is 1. The van der Waals surface area contributed by atoms with Gasteiger partial charge in [-0.1, -0.05) is 46.3 Å². The molecule has 4 heteroatoms. The monoisotopic (exact) mass is 316 g/mol. The largest absolute Gasteiger partial charge is 0.439 e. The van der Waals surface area contributed by atoms with Crippen LogP contribution in [0.4, 0.5) is 0 Å². The summed E-state index contributed by atoms with van der Waals surface area (Å²) in [5.41, 5.74) is 8.93. The first-order valence-corrected chi connectivity index (χ1v) is 6.87. The number of benzene rings is 2. The van der Waals surface area contributed by atoms with Crippen molar-refractivity contribution in [2.75, 3.05) is 0 Å². The van der Waals surface area contributed by atoms with Crippen molar-refractivity contribution >= 4 is 27.0 Å². The van der Waals surface area contributed by atoms with Crippen molar-refractivity contribution in [1.29, 1.82) is 0 Å². The Bertz CT molecular complexity index is 694. The molecule has 0 aliphatic rings. The molecule has 3 aromatic rings. The molecular weight excluding hydrogens is 304 g/mol. The molecule has 19 heavy (non-hydrogen) atoms. The SMILES string of the molecule is NC(Cc1ccccc1)c1nc2cc(Br)ccc2o1. The summed E-state index contributed by atoms with van der Waals surface area (Å²) in [5, 5.41) is 0. The average Bonchev–Trinajstić information content (AvgIpc) is 2.83. The molecule has 0 saturated heterocycles. The van der Waals surface area contributed by atoms with Gasteiger partial charge in [-0.15, -0.1) is 0 Å². The second-order valence-electron chi connectivity index (χ2n) is 4.46. The molecular formula is C15H13BrN2O. The Labute approximate surface area is 119 Å². The third-order valence-electron chi connectivity index (χ3n) is 2.98. The van der Waals surface area contributed by atoms with Gasteiger partial charge in [0.1, 0.15) is 5.52 Å². The number of hydrogen-bond acceptors (Lipinski definition) is 3. The molecule has 0 saturated carbocycles. The number of oxazole rings is 1. The van der Waals surface area contributed by atoms with Gasteiger partial charge in [-0.25, -0.2) is 4.98 Å². The predicted octanol–water partition coefficient (Wildman–Crippen LogP) is 3.83. The van der Waals surface area contributed by atoms with Crippen molar-refractivity contribution in [3.63, 3.8) is 0 Å². The number of rotatable bonds is 3. The summed E-state index contributed by atoms with van der Waals surface area (Å²) in [6, 6.07) is 15.6. The first-order chi connectivity index (χ1) is 9.22. The van der Waals surface area contributed by atoms with Gasteiger partial charge < -0.3 is 10.2 Å². The fourth-order valence-corrected chi connectivity index (χ4v) is 2.38. The van der Waals surface area contributed by atoms with Gasteiger partial charge in [0.2, 0.25) is 5.89 Å². The minimum atomic E-state index is -0.228. The summed E-state index contributed by atoms with van der Waals surface area (Å²) in [6.07, 6.45) is 0.717. The predicted molar refractivity (Wildman–Crippen MR) is 78.8 cm³/mol. The molecule has 0 bridgehead atoms. The molecule has 0 radical (unpaired) electrons. The highest BCUT2D eigenvalue weighted by Crippen LogP contribution is 2.24. The van der Waals surface area contributed by atoms with Crippen molar-refractivity contribution < 1.29 is 4.42 Å². The molecule has 2 aromatic carbocycles. The molecule has 3 rings (SSSR count). The first-order valence-electron chi connectivity index (χ1n) is 6.08. The van der Waals surface area contributed by atoms with E-state index in [0.29, 0.717) is 5.89 Å². The maximum Gasteiger partial charge on any atom is 0.212 e. The summed E-state index contributed by atoms with van der Waals surface area (Å²) in [4.78, 5) is 4.45. The van der Waals surface area contributed by atoms with Crippen LogP contribution in [0.1, 0.15) is 17.5 Å². The lowest BCUT2D eigenvalue weighted by atomic mass is 10.1. The van der Waals surface area contributed by atoms with E-state index >= 15 is 0 Å². The minimum Gasteiger partial charge on any atom is -0.439 e. The van der Waals surface area contributed by atoms with E-state index in [9.17, 15) is 0 Å². The maximum atomic E-state index is 6.16. The van der Waals surface area contributed by atoms with E-state index in [2.05, 4.69) is 33.0 Å². The van der Waals surface area contributed by atoms with Gasteiger partial charge in [-0.3, -0.25) is 0 Å². The van der Waals surface area contributed by atoms with Gasteiger partial charge in [-0.05, 0) is 30.2 Å². The topological polar surface area (TPSA) is 52.0 Å². The van der Waals surface area contributed by atoms with Crippen LogP contribution in [0.3, 0.4) is 0 Å². The van der Waals surface area contributed by atoms with Crippen molar-refractivity contribution in [3.05, 3.63) is 64.5 Å². The zero-order chi connectivity index (χ0) is 13.2. The van der Waals surface area contributed by atoms with Gasteiger partial charge in [-0.2, -0.15) is 0 Å². The Kier molecular flexibility index (Phi) is 3.36. The minimum absolute atomic E-state index is 0.228. The molecule has 0 aliphatic heterocycles. The van der Waals surface area contributed by atoms with Gasteiger partial charge in [0.15, 0.2) is 5.58 Å². The number of nitrogens with two attached hydrogens (primary N) is 1. The van der Waals surface area contributed by atoms with Crippen molar-refractivity contribution in [2.45, 2.75) is 12.5 Å².